The van der Waals surface area contributed by atoms with Crippen LogP contribution in [-0.2, 0) is 4.79 Å². The maximum Gasteiger partial charge on any atom is 0.146 e. The molecule has 1 spiro atoms. The maximum atomic E-state index is 11.4. The fraction of sp³-hybridized carbons (Fsp3) is 0.900. The van der Waals surface area contributed by atoms with Crippen molar-refractivity contribution in [2.75, 3.05) is 25.1 Å². The van der Waals surface area contributed by atoms with E-state index in [1.807, 2.05) is 0 Å². The molecule has 0 amide bonds. The molecule has 0 saturated carbocycles. The minimum absolute atomic E-state index is 0.174. The van der Waals surface area contributed by atoms with E-state index >= 15 is 0 Å². The summed E-state index contributed by atoms with van der Waals surface area (Å²) in [6.07, 6.45) is 2.37. The Morgan fingerprint density at radius 2 is 2.07 bits per heavy atom. The number of thioether (sulfide) groups is 2. The minimum Gasteiger partial charge on any atom is -0.298 e. The predicted molar refractivity (Wildman–Crippen MR) is 64.0 cm³/mol. The molecule has 80 valence electrons. The van der Waals surface area contributed by atoms with Gasteiger partial charge in [0.1, 0.15) is 5.78 Å². The Labute approximate surface area is 94.2 Å². The van der Waals surface area contributed by atoms with Gasteiger partial charge >= 0.3 is 0 Å². The van der Waals surface area contributed by atoms with Gasteiger partial charge in [0.05, 0.1) is 10.1 Å². The SMILES string of the molecule is CC(=O)C1CC2(CN1C)SCCCS2. The van der Waals surface area contributed by atoms with E-state index in [9.17, 15) is 4.79 Å². The van der Waals surface area contributed by atoms with E-state index in [1.54, 1.807) is 6.92 Å². The molecule has 2 aliphatic rings. The highest BCUT2D eigenvalue weighted by Gasteiger charge is 2.45. The van der Waals surface area contributed by atoms with E-state index in [1.165, 1.54) is 17.9 Å². The Hall–Kier alpha value is 0.330. The molecular weight excluding hydrogens is 214 g/mol. The van der Waals surface area contributed by atoms with E-state index < -0.39 is 0 Å². The van der Waals surface area contributed by atoms with Gasteiger partial charge in [-0.3, -0.25) is 9.69 Å². The predicted octanol–water partition coefficient (Wildman–Crippen LogP) is 1.85. The van der Waals surface area contributed by atoms with E-state index in [0.717, 1.165) is 13.0 Å². The summed E-state index contributed by atoms with van der Waals surface area (Å²) >= 11 is 4.13. The third kappa shape index (κ3) is 1.97. The Bertz CT molecular complexity index is 238. The van der Waals surface area contributed by atoms with Gasteiger partial charge < -0.3 is 0 Å². The lowest BCUT2D eigenvalue weighted by atomic mass is 10.1. The zero-order valence-electron chi connectivity index (χ0n) is 8.78. The van der Waals surface area contributed by atoms with Crippen molar-refractivity contribution >= 4 is 29.3 Å². The number of ketones is 1. The second-order valence-corrected chi connectivity index (χ2v) is 7.42. The number of likely N-dealkylation sites (N-methyl/N-ethyl adjacent to an activating group) is 1. The van der Waals surface area contributed by atoms with Crippen molar-refractivity contribution in [3.63, 3.8) is 0 Å². The number of likely N-dealkylation sites (tertiary alicyclic amines) is 1. The van der Waals surface area contributed by atoms with Crippen LogP contribution in [0, 0.1) is 0 Å². The van der Waals surface area contributed by atoms with Crippen LogP contribution in [0.5, 0.6) is 0 Å². The summed E-state index contributed by atoms with van der Waals surface area (Å²) in [7, 11) is 2.08. The molecule has 2 heterocycles. The summed E-state index contributed by atoms with van der Waals surface area (Å²) in [6.45, 7) is 2.80. The number of rotatable bonds is 1. The molecule has 2 saturated heterocycles. The molecule has 0 N–H and O–H groups in total. The first kappa shape index (κ1) is 10.8. The monoisotopic (exact) mass is 231 g/mol. The molecule has 0 aromatic heterocycles. The first-order valence-electron chi connectivity index (χ1n) is 5.12. The summed E-state index contributed by atoms with van der Waals surface area (Å²) < 4.78 is 0.337. The van der Waals surface area contributed by atoms with Crippen LogP contribution in [0.25, 0.3) is 0 Å². The molecule has 0 aromatic rings. The quantitative estimate of drug-likeness (QED) is 0.686. The zero-order chi connectivity index (χ0) is 10.2. The first-order valence-corrected chi connectivity index (χ1v) is 7.09. The number of hydrogen-bond acceptors (Lipinski definition) is 4. The Kier molecular flexibility index (Phi) is 3.15. The van der Waals surface area contributed by atoms with Crippen LogP contribution in [0.3, 0.4) is 0 Å². The third-order valence-electron chi connectivity index (χ3n) is 3.01. The Morgan fingerprint density at radius 3 is 2.57 bits per heavy atom. The van der Waals surface area contributed by atoms with Gasteiger partial charge in [-0.15, -0.1) is 23.5 Å². The molecule has 0 aliphatic carbocycles. The van der Waals surface area contributed by atoms with Crippen LogP contribution in [0.2, 0.25) is 0 Å². The molecule has 2 fully saturated rings. The van der Waals surface area contributed by atoms with Gasteiger partial charge in [-0.05, 0) is 38.3 Å². The fourth-order valence-electron chi connectivity index (χ4n) is 2.29. The van der Waals surface area contributed by atoms with E-state index in [2.05, 4.69) is 35.5 Å². The van der Waals surface area contributed by atoms with Crippen LogP contribution < -0.4 is 0 Å². The van der Waals surface area contributed by atoms with E-state index in [4.69, 9.17) is 0 Å². The number of carbonyl (C=O) groups is 1. The highest BCUT2D eigenvalue weighted by molar-refractivity contribution is 8.18. The topological polar surface area (TPSA) is 20.3 Å². The van der Waals surface area contributed by atoms with Crippen LogP contribution in [-0.4, -0.2) is 45.9 Å². The van der Waals surface area contributed by atoms with Crippen molar-refractivity contribution in [3.05, 3.63) is 0 Å². The number of nitrogens with zero attached hydrogens (tertiary/aromatic N) is 1. The Morgan fingerprint density at radius 1 is 1.43 bits per heavy atom. The smallest absolute Gasteiger partial charge is 0.146 e. The molecule has 1 unspecified atom stereocenters. The average Bonchev–Trinajstić information content (AvgIpc) is 2.44. The van der Waals surface area contributed by atoms with Crippen LogP contribution in [0.15, 0.2) is 0 Å². The molecule has 2 nitrogen and oxygen atoms in total. The summed E-state index contributed by atoms with van der Waals surface area (Å²) in [5.74, 6) is 2.87. The summed E-state index contributed by atoms with van der Waals surface area (Å²) in [4.78, 5) is 13.7. The molecule has 0 bridgehead atoms. The second kappa shape index (κ2) is 4.06. The normalized spacial score (nSPS) is 32.3. The lowest BCUT2D eigenvalue weighted by molar-refractivity contribution is -0.120. The Balaban J connectivity index is 2.06. The molecule has 14 heavy (non-hydrogen) atoms. The van der Waals surface area contributed by atoms with Crippen LogP contribution in [0.4, 0.5) is 0 Å². The number of Topliss-reactive ketones (excluding diaryl/α,β-unsaturated/α-hetero) is 1. The van der Waals surface area contributed by atoms with Gasteiger partial charge in [0.15, 0.2) is 0 Å². The summed E-state index contributed by atoms with van der Waals surface area (Å²) in [5, 5.41) is 0. The minimum atomic E-state index is 0.174. The van der Waals surface area contributed by atoms with Gasteiger partial charge in [-0.1, -0.05) is 0 Å². The summed E-state index contributed by atoms with van der Waals surface area (Å²) in [6, 6.07) is 0.174. The number of carbonyl (C=O) groups excluding carboxylic acids is 1. The maximum absolute atomic E-state index is 11.4. The van der Waals surface area contributed by atoms with Crippen LogP contribution in [0.1, 0.15) is 19.8 Å². The second-order valence-electron chi connectivity index (χ2n) is 4.21. The van der Waals surface area contributed by atoms with Crippen LogP contribution >= 0.6 is 23.5 Å². The molecule has 4 heteroatoms. The molecule has 0 radical (unpaired) electrons. The van der Waals surface area contributed by atoms with Crippen molar-refractivity contribution in [3.8, 4) is 0 Å². The van der Waals surface area contributed by atoms with Crippen molar-refractivity contribution in [1.82, 2.24) is 4.90 Å². The number of hydrogen-bond donors (Lipinski definition) is 0. The van der Waals surface area contributed by atoms with Crippen molar-refractivity contribution in [1.29, 1.82) is 0 Å². The lowest BCUT2D eigenvalue weighted by Crippen LogP contribution is -2.31. The fourth-order valence-corrected chi connectivity index (χ4v) is 5.76. The average molecular weight is 231 g/mol. The summed E-state index contributed by atoms with van der Waals surface area (Å²) in [5.41, 5.74) is 0. The molecular formula is C10H17NOS2. The lowest BCUT2D eigenvalue weighted by Gasteiger charge is -2.31. The molecule has 2 aliphatic heterocycles. The molecule has 1 atom stereocenters. The van der Waals surface area contributed by atoms with Crippen molar-refractivity contribution in [2.45, 2.75) is 29.9 Å². The molecule has 2 rings (SSSR count). The molecule has 0 aromatic carbocycles. The van der Waals surface area contributed by atoms with Gasteiger partial charge in [-0.2, -0.15) is 0 Å². The standard InChI is InChI=1S/C10H17NOS2/c1-8(12)9-6-10(7-11(9)2)13-4-3-5-14-10/h9H,3-7H2,1-2H3. The largest absolute Gasteiger partial charge is 0.298 e. The highest BCUT2D eigenvalue weighted by atomic mass is 32.2. The highest BCUT2D eigenvalue weighted by Crippen LogP contribution is 2.49. The third-order valence-corrected chi connectivity index (χ3v) is 6.35. The van der Waals surface area contributed by atoms with E-state index in [-0.39, 0.29) is 6.04 Å². The van der Waals surface area contributed by atoms with Gasteiger partial charge in [0, 0.05) is 6.54 Å². The first-order chi connectivity index (χ1) is 6.63. The van der Waals surface area contributed by atoms with Gasteiger partial charge in [-0.25, -0.2) is 0 Å². The van der Waals surface area contributed by atoms with Crippen molar-refractivity contribution < 1.29 is 4.79 Å². The zero-order valence-corrected chi connectivity index (χ0v) is 10.4. The van der Waals surface area contributed by atoms with Gasteiger partial charge in [0.25, 0.3) is 0 Å². The van der Waals surface area contributed by atoms with Crippen molar-refractivity contribution in [2.24, 2.45) is 0 Å². The van der Waals surface area contributed by atoms with Gasteiger partial charge in [0.2, 0.25) is 0 Å². The van der Waals surface area contributed by atoms with E-state index in [0.29, 0.717) is 9.86 Å².